The maximum atomic E-state index is 13.6. The molecule has 0 bridgehead atoms. The van der Waals surface area contributed by atoms with Gasteiger partial charge in [0, 0.05) is 49.1 Å². The van der Waals surface area contributed by atoms with Crippen LogP contribution in [-0.4, -0.2) is 52.7 Å². The Hall–Kier alpha value is -3.20. The zero-order chi connectivity index (χ0) is 26.5. The van der Waals surface area contributed by atoms with Gasteiger partial charge in [0.25, 0.3) is 0 Å². The third kappa shape index (κ3) is 5.93. The summed E-state index contributed by atoms with van der Waals surface area (Å²) in [5, 5.41) is 4.92. The van der Waals surface area contributed by atoms with Crippen LogP contribution in [0.25, 0.3) is 0 Å². The molecule has 5 amide bonds. The van der Waals surface area contributed by atoms with Crippen LogP contribution in [0.2, 0.25) is 0 Å². The first kappa shape index (κ1) is 26.4. The van der Waals surface area contributed by atoms with Crippen molar-refractivity contribution in [3.05, 3.63) is 52.2 Å². The highest BCUT2D eigenvalue weighted by molar-refractivity contribution is 7.09. The summed E-state index contributed by atoms with van der Waals surface area (Å²) in [5.41, 5.74) is 1.89. The maximum absolute atomic E-state index is 13.6. The van der Waals surface area contributed by atoms with E-state index in [4.69, 9.17) is 0 Å². The molecular formula is C29H36N4O4S. The van der Waals surface area contributed by atoms with Gasteiger partial charge in [-0.1, -0.05) is 31.0 Å². The van der Waals surface area contributed by atoms with Gasteiger partial charge >= 0.3 is 6.03 Å². The molecule has 38 heavy (non-hydrogen) atoms. The Labute approximate surface area is 228 Å². The predicted octanol–water partition coefficient (Wildman–Crippen LogP) is 4.68. The van der Waals surface area contributed by atoms with Gasteiger partial charge in [0.1, 0.15) is 0 Å². The third-order valence-electron chi connectivity index (χ3n) is 7.94. The Balaban J connectivity index is 1.18. The van der Waals surface area contributed by atoms with Crippen molar-refractivity contribution in [3.8, 4) is 0 Å². The number of imide groups is 1. The van der Waals surface area contributed by atoms with Crippen molar-refractivity contribution >= 4 is 40.8 Å². The average molecular weight is 537 g/mol. The van der Waals surface area contributed by atoms with Crippen molar-refractivity contribution < 1.29 is 19.2 Å². The number of unbranched alkanes of at least 4 members (excludes halogenated alkanes) is 1. The molecule has 3 fully saturated rings. The number of carbonyl (C=O) groups is 4. The second-order valence-electron chi connectivity index (χ2n) is 10.5. The first-order valence-corrected chi connectivity index (χ1v) is 14.7. The lowest BCUT2D eigenvalue weighted by atomic mass is 9.81. The van der Waals surface area contributed by atoms with Crippen LogP contribution in [0.4, 0.5) is 10.5 Å². The van der Waals surface area contributed by atoms with E-state index < -0.39 is 0 Å². The number of carbonyl (C=O) groups excluding carboxylic acids is 4. The van der Waals surface area contributed by atoms with Crippen LogP contribution in [-0.2, 0) is 27.5 Å². The number of hydrogen-bond acceptors (Lipinski definition) is 5. The SMILES string of the molecule is O=C(CCCCN1C(=O)C2CCCCC2N(Cc2ccc(N3CCCC3=O)cc2)C1=O)NCc1cccs1. The standard InChI is InChI=1S/C29H36N4O4S/c34-26(30-19-23-7-6-18-38-23)10-3-4-16-32-28(36)24-8-1-2-9-25(24)33(29(32)37)20-21-12-14-22(15-13-21)31-17-5-11-27(31)35/h6-7,12-15,18,24-25H,1-5,8-11,16-17,19-20H2,(H,30,34). The number of hydrogen-bond donors (Lipinski definition) is 1. The smallest absolute Gasteiger partial charge is 0.327 e. The van der Waals surface area contributed by atoms with Gasteiger partial charge in [0.2, 0.25) is 17.7 Å². The lowest BCUT2D eigenvalue weighted by molar-refractivity contribution is -0.140. The minimum absolute atomic E-state index is 0.0113. The first-order chi connectivity index (χ1) is 18.5. The zero-order valence-electron chi connectivity index (χ0n) is 21.8. The Morgan fingerprint density at radius 1 is 1.00 bits per heavy atom. The van der Waals surface area contributed by atoms with Gasteiger partial charge in [-0.05, 0) is 61.2 Å². The highest BCUT2D eigenvalue weighted by Crippen LogP contribution is 2.36. The summed E-state index contributed by atoms with van der Waals surface area (Å²) >= 11 is 1.61. The molecular weight excluding hydrogens is 500 g/mol. The third-order valence-corrected chi connectivity index (χ3v) is 8.82. The van der Waals surface area contributed by atoms with Gasteiger partial charge in [-0.15, -0.1) is 11.3 Å². The lowest BCUT2D eigenvalue weighted by Gasteiger charge is -2.47. The largest absolute Gasteiger partial charge is 0.351 e. The van der Waals surface area contributed by atoms with E-state index in [2.05, 4.69) is 5.32 Å². The number of nitrogens with one attached hydrogen (secondary N) is 1. The van der Waals surface area contributed by atoms with E-state index in [0.29, 0.717) is 45.3 Å². The molecule has 0 radical (unpaired) electrons. The summed E-state index contributed by atoms with van der Waals surface area (Å²) in [6.07, 6.45) is 6.77. The van der Waals surface area contributed by atoms with Crippen molar-refractivity contribution in [1.29, 1.82) is 0 Å². The summed E-state index contributed by atoms with van der Waals surface area (Å²) in [6, 6.07) is 11.6. The number of amides is 5. The van der Waals surface area contributed by atoms with Crippen LogP contribution in [0.5, 0.6) is 0 Å². The maximum Gasteiger partial charge on any atom is 0.327 e. The highest BCUT2D eigenvalue weighted by Gasteiger charge is 2.46. The molecule has 1 aromatic carbocycles. The van der Waals surface area contributed by atoms with Crippen LogP contribution in [0.1, 0.15) is 68.2 Å². The Bertz CT molecular complexity index is 1150. The monoisotopic (exact) mass is 536 g/mol. The van der Waals surface area contributed by atoms with Gasteiger partial charge in [-0.3, -0.25) is 19.3 Å². The quantitative estimate of drug-likeness (QED) is 0.447. The summed E-state index contributed by atoms with van der Waals surface area (Å²) in [6.45, 7) is 2.07. The molecule has 8 nitrogen and oxygen atoms in total. The molecule has 2 saturated heterocycles. The number of rotatable bonds is 10. The van der Waals surface area contributed by atoms with E-state index in [1.54, 1.807) is 11.3 Å². The van der Waals surface area contributed by atoms with Crippen molar-refractivity contribution in [2.24, 2.45) is 5.92 Å². The van der Waals surface area contributed by atoms with Gasteiger partial charge in [-0.2, -0.15) is 0 Å². The van der Waals surface area contributed by atoms with Crippen LogP contribution in [0.3, 0.4) is 0 Å². The highest BCUT2D eigenvalue weighted by atomic mass is 32.1. The molecule has 2 aliphatic heterocycles. The molecule has 9 heteroatoms. The average Bonchev–Trinajstić information content (AvgIpc) is 3.61. The second-order valence-corrected chi connectivity index (χ2v) is 11.5. The summed E-state index contributed by atoms with van der Waals surface area (Å²) < 4.78 is 0. The Kier molecular flexibility index (Phi) is 8.42. The normalized spacial score (nSPS) is 21.7. The number of fused-ring (bicyclic) bond motifs is 1. The molecule has 1 aliphatic carbocycles. The number of nitrogens with zero attached hydrogens (tertiary/aromatic N) is 3. The lowest BCUT2D eigenvalue weighted by Crippen LogP contribution is -2.62. The van der Waals surface area contributed by atoms with Gasteiger partial charge < -0.3 is 15.1 Å². The number of urea groups is 1. The number of anilines is 1. The zero-order valence-corrected chi connectivity index (χ0v) is 22.6. The van der Waals surface area contributed by atoms with E-state index in [9.17, 15) is 19.2 Å². The Morgan fingerprint density at radius 3 is 2.55 bits per heavy atom. The van der Waals surface area contributed by atoms with Crippen LogP contribution in [0, 0.1) is 5.92 Å². The van der Waals surface area contributed by atoms with E-state index in [0.717, 1.165) is 54.8 Å². The molecule has 0 spiro atoms. The second kappa shape index (κ2) is 12.1. The molecule has 2 atom stereocenters. The van der Waals surface area contributed by atoms with Crippen molar-refractivity contribution in [2.45, 2.75) is 76.9 Å². The van der Waals surface area contributed by atoms with E-state index >= 15 is 0 Å². The molecule has 5 rings (SSSR count). The fraction of sp³-hybridized carbons (Fsp3) is 0.517. The minimum Gasteiger partial charge on any atom is -0.351 e. The molecule has 3 heterocycles. The molecule has 1 saturated carbocycles. The molecule has 1 N–H and O–H groups in total. The molecule has 202 valence electrons. The van der Waals surface area contributed by atoms with Gasteiger partial charge in [0.05, 0.1) is 12.5 Å². The van der Waals surface area contributed by atoms with Crippen molar-refractivity contribution in [2.75, 3.05) is 18.0 Å². The molecule has 1 aromatic heterocycles. The molecule has 2 aromatic rings. The summed E-state index contributed by atoms with van der Waals surface area (Å²) in [7, 11) is 0. The van der Waals surface area contributed by atoms with Crippen molar-refractivity contribution in [3.63, 3.8) is 0 Å². The first-order valence-electron chi connectivity index (χ1n) is 13.8. The Morgan fingerprint density at radius 2 is 1.82 bits per heavy atom. The molecule has 3 aliphatic rings. The fourth-order valence-corrected chi connectivity index (χ4v) is 6.54. The van der Waals surface area contributed by atoms with Crippen molar-refractivity contribution in [1.82, 2.24) is 15.1 Å². The van der Waals surface area contributed by atoms with Gasteiger partial charge in [-0.25, -0.2) is 4.79 Å². The number of benzene rings is 1. The van der Waals surface area contributed by atoms with E-state index in [1.807, 2.05) is 51.6 Å². The van der Waals surface area contributed by atoms with E-state index in [1.165, 1.54) is 4.90 Å². The number of thiophene rings is 1. The topological polar surface area (TPSA) is 90.0 Å². The summed E-state index contributed by atoms with van der Waals surface area (Å²) in [4.78, 5) is 57.4. The van der Waals surface area contributed by atoms with Gasteiger partial charge in [0.15, 0.2) is 0 Å². The van der Waals surface area contributed by atoms with Crippen LogP contribution in [0.15, 0.2) is 41.8 Å². The van der Waals surface area contributed by atoms with E-state index in [-0.39, 0.29) is 35.7 Å². The predicted molar refractivity (Wildman–Crippen MR) is 146 cm³/mol. The van der Waals surface area contributed by atoms with Crippen LogP contribution >= 0.6 is 11.3 Å². The fourth-order valence-electron chi connectivity index (χ4n) is 5.90. The van der Waals surface area contributed by atoms with Crippen LogP contribution < -0.4 is 10.2 Å². The summed E-state index contributed by atoms with van der Waals surface area (Å²) in [5.74, 6) is -0.0658. The minimum atomic E-state index is -0.223. The molecule has 2 unspecified atom stereocenters.